The van der Waals surface area contributed by atoms with E-state index in [4.69, 9.17) is 5.11 Å². The molecule has 3 rings (SSSR count). The molecule has 4 nitrogen and oxygen atoms in total. The molecule has 1 aromatic carbocycles. The van der Waals surface area contributed by atoms with Crippen molar-refractivity contribution >= 4 is 6.09 Å². The Morgan fingerprint density at radius 3 is 2.74 bits per heavy atom. The number of carboxylic acid groups (broad SMARTS) is 1. The molecule has 120 valence electrons. The molecule has 1 amide bonds. The summed E-state index contributed by atoms with van der Waals surface area (Å²) < 4.78 is 13.3. The van der Waals surface area contributed by atoms with Crippen LogP contribution in [0, 0.1) is 11.4 Å². The van der Waals surface area contributed by atoms with E-state index in [1.807, 2.05) is 18.2 Å². The van der Waals surface area contributed by atoms with Crippen LogP contribution in [-0.2, 0) is 6.42 Å². The average molecular weight is 314 g/mol. The van der Waals surface area contributed by atoms with Gasteiger partial charge in [0.05, 0.1) is 6.04 Å². The summed E-state index contributed by atoms with van der Waals surface area (Å²) in [6.07, 6.45) is 2.19. The fourth-order valence-electron chi connectivity index (χ4n) is 3.28. The number of benzene rings is 1. The standard InChI is InChI=1S/C18H19FN2O2/c1-18(2)7-5-13-9-11(12-6-8-20-15(19)10-12)3-4-14(13)16(18)21-17(22)23/h3-4,6,8-10,16,21H,5,7H2,1-2H3,(H,22,23)/t16-/m1/s1. The summed E-state index contributed by atoms with van der Waals surface area (Å²) in [5, 5.41) is 11.8. The predicted molar refractivity (Wildman–Crippen MR) is 85.6 cm³/mol. The second kappa shape index (κ2) is 5.65. The zero-order valence-electron chi connectivity index (χ0n) is 13.1. The Hall–Kier alpha value is -2.43. The Labute approximate surface area is 134 Å². The first-order chi connectivity index (χ1) is 10.9. The number of amides is 1. The maximum atomic E-state index is 13.3. The van der Waals surface area contributed by atoms with Crippen molar-refractivity contribution in [2.24, 2.45) is 5.41 Å². The molecule has 0 radical (unpaired) electrons. The number of hydrogen-bond donors (Lipinski definition) is 2. The predicted octanol–water partition coefficient (Wildman–Crippen LogP) is 4.17. The third kappa shape index (κ3) is 3.04. The molecule has 1 aliphatic carbocycles. The van der Waals surface area contributed by atoms with Gasteiger partial charge in [0.15, 0.2) is 0 Å². The van der Waals surface area contributed by atoms with Gasteiger partial charge in [0, 0.05) is 12.3 Å². The molecule has 5 heteroatoms. The van der Waals surface area contributed by atoms with Crippen LogP contribution in [0.15, 0.2) is 36.5 Å². The highest BCUT2D eigenvalue weighted by molar-refractivity contribution is 5.67. The Kier molecular flexibility index (Phi) is 3.80. The van der Waals surface area contributed by atoms with Crippen LogP contribution in [0.5, 0.6) is 0 Å². The lowest BCUT2D eigenvalue weighted by atomic mass is 9.70. The quantitative estimate of drug-likeness (QED) is 0.818. The minimum Gasteiger partial charge on any atom is -0.465 e. The van der Waals surface area contributed by atoms with Crippen molar-refractivity contribution in [1.82, 2.24) is 10.3 Å². The van der Waals surface area contributed by atoms with Crippen LogP contribution in [0.25, 0.3) is 11.1 Å². The summed E-state index contributed by atoms with van der Waals surface area (Å²) in [6, 6.07) is 8.81. The van der Waals surface area contributed by atoms with Gasteiger partial charge >= 0.3 is 6.09 Å². The summed E-state index contributed by atoms with van der Waals surface area (Å²) >= 11 is 0. The Morgan fingerprint density at radius 2 is 2.04 bits per heavy atom. The van der Waals surface area contributed by atoms with Crippen LogP contribution in [0.2, 0.25) is 0 Å². The van der Waals surface area contributed by atoms with Crippen LogP contribution in [0.1, 0.15) is 37.4 Å². The fourth-order valence-corrected chi connectivity index (χ4v) is 3.28. The largest absolute Gasteiger partial charge is 0.465 e. The molecule has 2 aromatic rings. The van der Waals surface area contributed by atoms with Gasteiger partial charge < -0.3 is 10.4 Å². The molecule has 0 saturated carbocycles. The monoisotopic (exact) mass is 314 g/mol. The van der Waals surface area contributed by atoms with Crippen molar-refractivity contribution in [1.29, 1.82) is 0 Å². The summed E-state index contributed by atoms with van der Waals surface area (Å²) in [6.45, 7) is 4.14. The SMILES string of the molecule is CC1(C)CCc2cc(-c3ccnc(F)c3)ccc2[C@H]1NC(=O)O. The van der Waals surface area contributed by atoms with E-state index in [-0.39, 0.29) is 11.5 Å². The fraction of sp³-hybridized carbons (Fsp3) is 0.333. The maximum Gasteiger partial charge on any atom is 0.405 e. The number of nitrogens with zero attached hydrogens (tertiary/aromatic N) is 1. The van der Waals surface area contributed by atoms with E-state index in [1.165, 1.54) is 12.3 Å². The number of fused-ring (bicyclic) bond motifs is 1. The Balaban J connectivity index is 2.02. The third-order valence-corrected chi connectivity index (χ3v) is 4.60. The first-order valence-corrected chi connectivity index (χ1v) is 7.61. The van der Waals surface area contributed by atoms with E-state index in [1.54, 1.807) is 6.07 Å². The van der Waals surface area contributed by atoms with Crippen molar-refractivity contribution in [3.05, 3.63) is 53.6 Å². The van der Waals surface area contributed by atoms with E-state index in [0.717, 1.165) is 35.1 Å². The highest BCUT2D eigenvalue weighted by Crippen LogP contribution is 2.44. The minimum atomic E-state index is -1.02. The number of carbonyl (C=O) groups is 1. The van der Waals surface area contributed by atoms with Crippen molar-refractivity contribution < 1.29 is 14.3 Å². The van der Waals surface area contributed by atoms with Crippen molar-refractivity contribution in [3.8, 4) is 11.1 Å². The summed E-state index contributed by atoms with van der Waals surface area (Å²) in [7, 11) is 0. The number of rotatable bonds is 2. The van der Waals surface area contributed by atoms with Crippen molar-refractivity contribution in [2.75, 3.05) is 0 Å². The molecule has 2 N–H and O–H groups in total. The molecule has 0 fully saturated rings. The lowest BCUT2D eigenvalue weighted by Gasteiger charge is -2.40. The van der Waals surface area contributed by atoms with Crippen LogP contribution >= 0.6 is 0 Å². The number of aryl methyl sites for hydroxylation is 1. The average Bonchev–Trinajstić information content (AvgIpc) is 2.49. The van der Waals surface area contributed by atoms with Crippen molar-refractivity contribution in [2.45, 2.75) is 32.7 Å². The molecule has 0 spiro atoms. The molecular formula is C18H19FN2O2. The lowest BCUT2D eigenvalue weighted by molar-refractivity contribution is 0.161. The van der Waals surface area contributed by atoms with Gasteiger partial charge in [-0.25, -0.2) is 9.78 Å². The van der Waals surface area contributed by atoms with E-state index < -0.39 is 12.0 Å². The second-order valence-corrected chi connectivity index (χ2v) is 6.65. The van der Waals surface area contributed by atoms with Crippen LogP contribution < -0.4 is 5.32 Å². The van der Waals surface area contributed by atoms with E-state index >= 15 is 0 Å². The van der Waals surface area contributed by atoms with E-state index in [9.17, 15) is 9.18 Å². The van der Waals surface area contributed by atoms with Gasteiger partial charge in [0.2, 0.25) is 5.95 Å². The normalized spacial score (nSPS) is 19.0. The van der Waals surface area contributed by atoms with Gasteiger partial charge in [-0.2, -0.15) is 4.39 Å². The summed E-state index contributed by atoms with van der Waals surface area (Å²) in [5.41, 5.74) is 3.65. The van der Waals surface area contributed by atoms with Gasteiger partial charge in [-0.15, -0.1) is 0 Å². The van der Waals surface area contributed by atoms with Crippen LogP contribution in [0.4, 0.5) is 9.18 Å². The highest BCUT2D eigenvalue weighted by Gasteiger charge is 2.36. The van der Waals surface area contributed by atoms with Gasteiger partial charge in [-0.1, -0.05) is 32.0 Å². The minimum absolute atomic E-state index is 0.143. The first kappa shape index (κ1) is 15.5. The number of aromatic nitrogens is 1. The maximum absolute atomic E-state index is 13.3. The van der Waals surface area contributed by atoms with Gasteiger partial charge in [0.1, 0.15) is 0 Å². The zero-order chi connectivity index (χ0) is 16.6. The third-order valence-electron chi connectivity index (χ3n) is 4.60. The van der Waals surface area contributed by atoms with Gasteiger partial charge in [0.25, 0.3) is 0 Å². The lowest BCUT2D eigenvalue weighted by Crippen LogP contribution is -2.40. The number of pyridine rings is 1. The molecule has 0 aliphatic heterocycles. The first-order valence-electron chi connectivity index (χ1n) is 7.61. The molecule has 0 unspecified atom stereocenters. The van der Waals surface area contributed by atoms with Crippen molar-refractivity contribution in [3.63, 3.8) is 0 Å². The van der Waals surface area contributed by atoms with Gasteiger partial charge in [-0.05, 0) is 46.6 Å². The van der Waals surface area contributed by atoms with Crippen LogP contribution in [-0.4, -0.2) is 16.2 Å². The molecule has 0 saturated heterocycles. The highest BCUT2D eigenvalue weighted by atomic mass is 19.1. The second-order valence-electron chi connectivity index (χ2n) is 6.65. The molecule has 1 aromatic heterocycles. The molecule has 23 heavy (non-hydrogen) atoms. The Bertz CT molecular complexity index is 758. The van der Waals surface area contributed by atoms with Gasteiger partial charge in [-0.3, -0.25) is 0 Å². The number of nitrogens with one attached hydrogen (secondary N) is 1. The summed E-state index contributed by atoms with van der Waals surface area (Å²) in [5.74, 6) is -0.508. The molecule has 0 bridgehead atoms. The topological polar surface area (TPSA) is 62.2 Å². The molecule has 1 heterocycles. The summed E-state index contributed by atoms with van der Waals surface area (Å²) in [4.78, 5) is 14.7. The van der Waals surface area contributed by atoms with E-state index in [0.29, 0.717) is 0 Å². The smallest absolute Gasteiger partial charge is 0.405 e. The molecule has 1 atom stereocenters. The molecular weight excluding hydrogens is 295 g/mol. The Morgan fingerprint density at radius 1 is 1.30 bits per heavy atom. The number of hydrogen-bond acceptors (Lipinski definition) is 2. The van der Waals surface area contributed by atoms with Crippen LogP contribution in [0.3, 0.4) is 0 Å². The zero-order valence-corrected chi connectivity index (χ0v) is 13.1. The van der Waals surface area contributed by atoms with E-state index in [2.05, 4.69) is 24.1 Å². The molecule has 1 aliphatic rings. The number of halogens is 1.